The second kappa shape index (κ2) is 9.82. The number of hydrogen-bond acceptors (Lipinski definition) is 6. The molecule has 0 spiro atoms. The average Bonchev–Trinajstić information content (AvgIpc) is 3.26. The summed E-state index contributed by atoms with van der Waals surface area (Å²) in [7, 11) is -2.54. The highest BCUT2D eigenvalue weighted by Crippen LogP contribution is 2.35. The molecule has 2 heterocycles. The lowest BCUT2D eigenvalue weighted by molar-refractivity contribution is -0.142. The van der Waals surface area contributed by atoms with Crippen LogP contribution in [0.3, 0.4) is 0 Å². The molecule has 9 nitrogen and oxygen atoms in total. The summed E-state index contributed by atoms with van der Waals surface area (Å²) in [5, 5.41) is 16.9. The van der Waals surface area contributed by atoms with E-state index in [1.165, 1.54) is 28.9 Å². The number of nitrogens with zero attached hydrogens (tertiary/aromatic N) is 2. The minimum Gasteiger partial charge on any atom is -0.480 e. The molecular formula is C25H26FN3O6S. The highest BCUT2D eigenvalue weighted by atomic mass is 32.2. The number of amides is 1. The zero-order valence-electron chi connectivity index (χ0n) is 19.8. The number of sulfone groups is 1. The van der Waals surface area contributed by atoms with Crippen LogP contribution in [0, 0.1) is 5.82 Å². The highest BCUT2D eigenvalue weighted by Gasteiger charge is 2.52. The van der Waals surface area contributed by atoms with Crippen LogP contribution in [-0.4, -0.2) is 53.1 Å². The molecule has 4 rings (SSSR count). The van der Waals surface area contributed by atoms with Crippen LogP contribution in [0.1, 0.15) is 41.9 Å². The van der Waals surface area contributed by atoms with Crippen LogP contribution in [0.5, 0.6) is 0 Å². The normalized spacial score (nSPS) is 16.3. The van der Waals surface area contributed by atoms with E-state index >= 15 is 0 Å². The molecule has 11 heteroatoms. The third-order valence-corrected chi connectivity index (χ3v) is 9.00. The Hall–Kier alpha value is -3.57. The molecule has 2 aromatic carbocycles. The molecule has 1 saturated heterocycles. The van der Waals surface area contributed by atoms with Gasteiger partial charge in [-0.15, -0.1) is 0 Å². The average molecular weight is 516 g/mol. The molecular weight excluding hydrogens is 489 g/mol. The predicted molar refractivity (Wildman–Crippen MR) is 129 cm³/mol. The molecule has 3 aromatic rings. The van der Waals surface area contributed by atoms with Gasteiger partial charge >= 0.3 is 5.97 Å². The smallest absolute Gasteiger partial charge is 0.325 e. The number of carbonyl (C=O) groups excluding carboxylic acids is 1. The van der Waals surface area contributed by atoms with E-state index < -0.39 is 32.5 Å². The minimum absolute atomic E-state index is 0.0591. The Morgan fingerprint density at radius 1 is 1.11 bits per heavy atom. The Labute approximate surface area is 207 Å². The van der Waals surface area contributed by atoms with E-state index in [9.17, 15) is 27.5 Å². The monoisotopic (exact) mass is 515 g/mol. The maximum absolute atomic E-state index is 13.2. The van der Waals surface area contributed by atoms with Gasteiger partial charge in [0.25, 0.3) is 5.91 Å². The first-order valence-electron chi connectivity index (χ1n) is 11.3. The molecule has 1 aliphatic rings. The van der Waals surface area contributed by atoms with Gasteiger partial charge in [-0.25, -0.2) is 12.8 Å². The van der Waals surface area contributed by atoms with Gasteiger partial charge in [0.05, 0.1) is 16.6 Å². The quantitative estimate of drug-likeness (QED) is 0.495. The van der Waals surface area contributed by atoms with Gasteiger partial charge in [0, 0.05) is 38.7 Å². The Morgan fingerprint density at radius 2 is 1.72 bits per heavy atom. The van der Waals surface area contributed by atoms with Crippen LogP contribution in [-0.2, 0) is 26.4 Å². The molecule has 1 aromatic heterocycles. The van der Waals surface area contributed by atoms with Crippen molar-refractivity contribution in [2.75, 3.05) is 13.2 Å². The first-order chi connectivity index (χ1) is 17.0. The van der Waals surface area contributed by atoms with Crippen LogP contribution in [0.4, 0.5) is 4.39 Å². The van der Waals surface area contributed by atoms with Crippen molar-refractivity contribution in [1.82, 2.24) is 15.1 Å². The summed E-state index contributed by atoms with van der Waals surface area (Å²) in [6.45, 7) is 1.86. The number of nitrogens with one attached hydrogen (secondary N) is 1. The Morgan fingerprint density at radius 3 is 2.31 bits per heavy atom. The Bertz CT molecular complexity index is 1380. The summed E-state index contributed by atoms with van der Waals surface area (Å²) in [6.07, 6.45) is -0.243. The van der Waals surface area contributed by atoms with Crippen molar-refractivity contribution < 1.29 is 32.2 Å². The molecule has 1 amide bonds. The van der Waals surface area contributed by atoms with E-state index in [-0.39, 0.29) is 36.8 Å². The molecule has 1 aliphatic heterocycles. The van der Waals surface area contributed by atoms with Gasteiger partial charge in [-0.2, -0.15) is 5.10 Å². The standard InChI is InChI=1S/C25H26FN3O6S/c1-16(27-23(30)22-15-21(28-29(22)2)18-3-7-19(26)8-4-18)17-5-9-20(10-6-17)36(33,34)25(24(31)32)11-13-35-14-12-25/h3-10,15-16H,11-14H2,1-2H3,(H,27,30)(H,31,32). The Balaban J connectivity index is 1.50. The van der Waals surface area contributed by atoms with Gasteiger partial charge in [-0.3, -0.25) is 14.3 Å². The van der Waals surface area contributed by atoms with Gasteiger partial charge in [-0.1, -0.05) is 12.1 Å². The first-order valence-corrected chi connectivity index (χ1v) is 12.8. The largest absolute Gasteiger partial charge is 0.480 e. The van der Waals surface area contributed by atoms with Crippen molar-refractivity contribution >= 4 is 21.7 Å². The molecule has 1 fully saturated rings. The van der Waals surface area contributed by atoms with Crippen molar-refractivity contribution in [3.8, 4) is 11.3 Å². The van der Waals surface area contributed by atoms with Crippen LogP contribution in [0.25, 0.3) is 11.3 Å². The summed E-state index contributed by atoms with van der Waals surface area (Å²) in [6, 6.07) is 12.7. The minimum atomic E-state index is -4.17. The summed E-state index contributed by atoms with van der Waals surface area (Å²) in [5.74, 6) is -2.15. The van der Waals surface area contributed by atoms with Gasteiger partial charge < -0.3 is 15.2 Å². The van der Waals surface area contributed by atoms with Crippen LogP contribution in [0.2, 0.25) is 0 Å². The summed E-state index contributed by atoms with van der Waals surface area (Å²) in [5.41, 5.74) is 2.12. The number of carbonyl (C=O) groups is 2. The maximum atomic E-state index is 13.2. The lowest BCUT2D eigenvalue weighted by Crippen LogP contribution is -2.50. The van der Waals surface area contributed by atoms with E-state index in [1.54, 1.807) is 44.3 Å². The SMILES string of the molecule is CC(NC(=O)c1cc(-c2ccc(F)cc2)nn1C)c1ccc(S(=O)(=O)C2(C(=O)O)CCOCC2)cc1. The van der Waals surface area contributed by atoms with E-state index in [0.29, 0.717) is 22.5 Å². The van der Waals surface area contributed by atoms with Gasteiger partial charge in [-0.05, 0) is 55.0 Å². The number of rotatable bonds is 7. The van der Waals surface area contributed by atoms with Crippen molar-refractivity contribution in [2.24, 2.45) is 7.05 Å². The maximum Gasteiger partial charge on any atom is 0.325 e. The van der Waals surface area contributed by atoms with E-state index in [1.807, 2.05) is 0 Å². The molecule has 190 valence electrons. The zero-order valence-corrected chi connectivity index (χ0v) is 20.6. The lowest BCUT2D eigenvalue weighted by atomic mass is 9.99. The number of ether oxygens (including phenoxy) is 1. The van der Waals surface area contributed by atoms with Crippen LogP contribution >= 0.6 is 0 Å². The molecule has 36 heavy (non-hydrogen) atoms. The van der Waals surface area contributed by atoms with Crippen LogP contribution < -0.4 is 5.32 Å². The number of carboxylic acid groups (broad SMARTS) is 1. The second-order valence-electron chi connectivity index (χ2n) is 8.72. The fourth-order valence-corrected chi connectivity index (χ4v) is 6.13. The topological polar surface area (TPSA) is 128 Å². The molecule has 2 N–H and O–H groups in total. The van der Waals surface area contributed by atoms with Crippen molar-refractivity contribution in [1.29, 1.82) is 0 Å². The number of halogens is 1. The number of benzene rings is 2. The fourth-order valence-electron chi connectivity index (χ4n) is 4.26. The highest BCUT2D eigenvalue weighted by molar-refractivity contribution is 7.93. The molecule has 0 bridgehead atoms. The Kier molecular flexibility index (Phi) is 6.96. The van der Waals surface area contributed by atoms with Crippen LogP contribution in [0.15, 0.2) is 59.5 Å². The second-order valence-corrected chi connectivity index (χ2v) is 11.0. The van der Waals surface area contributed by atoms with Gasteiger partial charge in [0.1, 0.15) is 11.5 Å². The van der Waals surface area contributed by atoms with E-state index in [0.717, 1.165) is 0 Å². The van der Waals surface area contributed by atoms with Crippen molar-refractivity contribution in [3.63, 3.8) is 0 Å². The number of aliphatic carboxylic acids is 1. The number of carboxylic acids is 1. The third kappa shape index (κ3) is 4.63. The number of aryl methyl sites for hydroxylation is 1. The molecule has 1 atom stereocenters. The number of aromatic nitrogens is 2. The molecule has 0 saturated carbocycles. The zero-order chi connectivity index (χ0) is 26.1. The van der Waals surface area contributed by atoms with E-state index in [4.69, 9.17) is 4.74 Å². The fraction of sp³-hybridized carbons (Fsp3) is 0.320. The molecule has 0 aliphatic carbocycles. The first kappa shape index (κ1) is 25.5. The summed E-state index contributed by atoms with van der Waals surface area (Å²) in [4.78, 5) is 24.8. The van der Waals surface area contributed by atoms with Crippen molar-refractivity contribution in [2.45, 2.75) is 35.4 Å². The van der Waals surface area contributed by atoms with E-state index in [2.05, 4.69) is 10.4 Å². The van der Waals surface area contributed by atoms with Crippen molar-refractivity contribution in [3.05, 3.63) is 71.7 Å². The predicted octanol–water partition coefficient (Wildman–Crippen LogP) is 3.12. The van der Waals surface area contributed by atoms with Gasteiger partial charge in [0.15, 0.2) is 14.6 Å². The number of hydrogen-bond donors (Lipinski definition) is 2. The molecule has 0 radical (unpaired) electrons. The molecule has 1 unspecified atom stereocenters. The summed E-state index contributed by atoms with van der Waals surface area (Å²) < 4.78 is 44.4. The van der Waals surface area contributed by atoms with Gasteiger partial charge in [0.2, 0.25) is 0 Å². The third-order valence-electron chi connectivity index (χ3n) is 6.50. The summed E-state index contributed by atoms with van der Waals surface area (Å²) >= 11 is 0. The lowest BCUT2D eigenvalue weighted by Gasteiger charge is -2.32.